The summed E-state index contributed by atoms with van der Waals surface area (Å²) in [5.74, 6) is 0.579. The average molecular weight is 394 g/mol. The van der Waals surface area contributed by atoms with Crippen molar-refractivity contribution in [3.05, 3.63) is 29.3 Å². The number of amides is 1. The van der Waals surface area contributed by atoms with Gasteiger partial charge in [-0.15, -0.1) is 0 Å². The maximum absolute atomic E-state index is 13.7. The van der Waals surface area contributed by atoms with Crippen LogP contribution in [0.3, 0.4) is 0 Å². The minimum Gasteiger partial charge on any atom is -0.450 e. The topological polar surface area (TPSA) is 67.9 Å². The van der Waals surface area contributed by atoms with E-state index in [1.165, 1.54) is 12.0 Å². The molecule has 1 aliphatic heterocycles. The number of hydrogen-bond donors (Lipinski definition) is 1. The van der Waals surface area contributed by atoms with Crippen molar-refractivity contribution in [1.29, 1.82) is 0 Å². The first-order chi connectivity index (χ1) is 12.7. The average Bonchev–Trinajstić information content (AvgIpc) is 2.60. The van der Waals surface area contributed by atoms with Crippen LogP contribution in [0.25, 0.3) is 0 Å². The zero-order valence-corrected chi connectivity index (χ0v) is 17.7. The van der Waals surface area contributed by atoms with Crippen LogP contribution in [0, 0.1) is 0 Å². The molecule has 0 bridgehead atoms. The molecule has 1 atom stereocenters. The molecule has 7 heteroatoms. The molecule has 1 N–H and O–H groups in total. The van der Waals surface area contributed by atoms with E-state index in [1.54, 1.807) is 6.92 Å². The van der Waals surface area contributed by atoms with Crippen LogP contribution in [-0.2, 0) is 21.3 Å². The summed E-state index contributed by atoms with van der Waals surface area (Å²) < 4.78 is 26.5. The van der Waals surface area contributed by atoms with Gasteiger partial charge in [0.25, 0.3) is 0 Å². The molecule has 0 radical (unpaired) electrons. The van der Waals surface area contributed by atoms with Crippen molar-refractivity contribution in [2.75, 3.05) is 6.61 Å². The molecule has 1 fully saturated rings. The molecule has 0 spiro atoms. The van der Waals surface area contributed by atoms with E-state index in [2.05, 4.69) is 31.9 Å². The Kier molecular flexibility index (Phi) is 5.87. The quantitative estimate of drug-likeness (QED) is 0.699. The molecule has 1 aromatic rings. The normalized spacial score (nSPS) is 24.0. The van der Waals surface area contributed by atoms with Gasteiger partial charge < -0.3 is 9.26 Å². The number of nitrogens with one attached hydrogen (secondary N) is 1. The Balaban J connectivity index is 1.94. The molecule has 2 aliphatic rings. The summed E-state index contributed by atoms with van der Waals surface area (Å²) in [5, 5.41) is 2.53. The molecule has 6 nitrogen and oxygen atoms in total. The first-order valence-corrected chi connectivity index (χ1v) is 11.5. The van der Waals surface area contributed by atoms with Gasteiger partial charge in [0.15, 0.2) is 0 Å². The monoisotopic (exact) mass is 394 g/mol. The number of hydrogen-bond acceptors (Lipinski definition) is 4. The van der Waals surface area contributed by atoms with Gasteiger partial charge in [0.05, 0.1) is 6.61 Å². The van der Waals surface area contributed by atoms with Crippen molar-refractivity contribution in [1.82, 2.24) is 9.76 Å². The zero-order valence-electron chi connectivity index (χ0n) is 16.8. The smallest absolute Gasteiger partial charge is 0.425 e. The van der Waals surface area contributed by atoms with E-state index in [9.17, 15) is 9.36 Å². The third-order valence-electron chi connectivity index (χ3n) is 5.32. The lowest BCUT2D eigenvalue weighted by molar-refractivity contribution is 0.152. The van der Waals surface area contributed by atoms with Crippen LogP contribution in [0.15, 0.2) is 18.2 Å². The summed E-state index contributed by atoms with van der Waals surface area (Å²) >= 11 is 0. The van der Waals surface area contributed by atoms with Gasteiger partial charge in [-0.05, 0) is 36.8 Å². The molecule has 150 valence electrons. The van der Waals surface area contributed by atoms with Crippen molar-refractivity contribution < 1.29 is 18.6 Å². The molecule has 0 saturated heterocycles. The predicted octanol–water partition coefficient (Wildman–Crippen LogP) is 5.37. The van der Waals surface area contributed by atoms with Gasteiger partial charge in [0.2, 0.25) is 0 Å². The Morgan fingerprint density at radius 2 is 2.00 bits per heavy atom. The molecule has 0 aromatic heterocycles. The third kappa shape index (κ3) is 4.49. The van der Waals surface area contributed by atoms with Crippen LogP contribution in [-0.4, -0.2) is 23.4 Å². The Labute approximate surface area is 162 Å². The summed E-state index contributed by atoms with van der Waals surface area (Å²) in [4.78, 5) is 12.0. The lowest BCUT2D eigenvalue weighted by Gasteiger charge is -2.41. The summed E-state index contributed by atoms with van der Waals surface area (Å²) in [7, 11) is -3.56. The fourth-order valence-electron chi connectivity index (χ4n) is 3.80. The van der Waals surface area contributed by atoms with Gasteiger partial charge in [-0.25, -0.2) is 14.4 Å². The Morgan fingerprint density at radius 3 is 2.63 bits per heavy atom. The molecular weight excluding hydrogens is 363 g/mol. The SMILES string of the molecule is CCOC(=O)NP1(=O)Oc2ccc(C(C)(C)C)cc2CN1C1CCCCC1. The molecule has 1 aliphatic carbocycles. The maximum Gasteiger partial charge on any atom is 0.425 e. The third-order valence-corrected chi connectivity index (χ3v) is 7.38. The summed E-state index contributed by atoms with van der Waals surface area (Å²) in [6.07, 6.45) is 4.64. The molecule has 1 saturated carbocycles. The highest BCUT2D eigenvalue weighted by molar-refractivity contribution is 7.55. The second-order valence-electron chi connectivity index (χ2n) is 8.41. The van der Waals surface area contributed by atoms with Crippen molar-refractivity contribution in [3.63, 3.8) is 0 Å². The van der Waals surface area contributed by atoms with Crippen molar-refractivity contribution in [2.24, 2.45) is 0 Å². The van der Waals surface area contributed by atoms with Gasteiger partial charge in [-0.2, -0.15) is 4.67 Å². The summed E-state index contributed by atoms with van der Waals surface area (Å²) in [5.41, 5.74) is 2.25. The van der Waals surface area contributed by atoms with Crippen LogP contribution >= 0.6 is 7.67 Å². The lowest BCUT2D eigenvalue weighted by Crippen LogP contribution is -2.43. The van der Waals surface area contributed by atoms with Crippen molar-refractivity contribution >= 4 is 13.8 Å². The van der Waals surface area contributed by atoms with Gasteiger partial charge in [0, 0.05) is 18.2 Å². The van der Waals surface area contributed by atoms with Gasteiger partial charge in [-0.3, -0.25) is 0 Å². The van der Waals surface area contributed by atoms with E-state index in [1.807, 2.05) is 16.8 Å². The maximum atomic E-state index is 13.7. The van der Waals surface area contributed by atoms with Crippen molar-refractivity contribution in [2.45, 2.75) is 77.8 Å². The molecule has 1 heterocycles. The minimum absolute atomic E-state index is 0.0228. The van der Waals surface area contributed by atoms with Crippen LogP contribution in [0.1, 0.15) is 70.9 Å². The van der Waals surface area contributed by atoms with Gasteiger partial charge in [0.1, 0.15) is 5.75 Å². The Bertz CT molecular complexity index is 738. The Hall–Kier alpha value is -1.52. The van der Waals surface area contributed by atoms with Crippen molar-refractivity contribution in [3.8, 4) is 5.75 Å². The number of ether oxygens (including phenoxy) is 1. The van der Waals surface area contributed by atoms with Crippen LogP contribution in [0.5, 0.6) is 5.75 Å². The number of benzene rings is 1. The van der Waals surface area contributed by atoms with E-state index in [0.29, 0.717) is 12.3 Å². The molecule has 3 rings (SSSR count). The minimum atomic E-state index is -3.56. The largest absolute Gasteiger partial charge is 0.450 e. The standard InChI is InChI=1S/C20H31N2O4P/c1-5-25-19(23)21-27(24)22(17-9-7-6-8-10-17)14-15-13-16(20(2,3)4)11-12-18(15)26-27/h11-13,17H,5-10,14H2,1-4H3,(H,21,23,24). The molecule has 1 aromatic carbocycles. The number of carbonyl (C=O) groups excluding carboxylic acids is 1. The number of nitrogens with zero attached hydrogens (tertiary/aromatic N) is 1. The Morgan fingerprint density at radius 1 is 1.30 bits per heavy atom. The molecule has 1 amide bonds. The van der Waals surface area contributed by atoms with E-state index in [4.69, 9.17) is 9.26 Å². The van der Waals surface area contributed by atoms with E-state index in [-0.39, 0.29) is 18.1 Å². The van der Waals surface area contributed by atoms with E-state index < -0.39 is 13.8 Å². The highest BCUT2D eigenvalue weighted by Crippen LogP contribution is 2.55. The zero-order chi connectivity index (χ0) is 19.7. The predicted molar refractivity (Wildman–Crippen MR) is 106 cm³/mol. The fraction of sp³-hybridized carbons (Fsp3) is 0.650. The van der Waals surface area contributed by atoms with Gasteiger partial charge in [-0.1, -0.05) is 52.2 Å². The second kappa shape index (κ2) is 7.84. The van der Waals surface area contributed by atoms with E-state index >= 15 is 0 Å². The first-order valence-electron chi connectivity index (χ1n) is 9.88. The van der Waals surface area contributed by atoms with Crippen LogP contribution in [0.2, 0.25) is 0 Å². The summed E-state index contributed by atoms with van der Waals surface area (Å²) in [6.45, 7) is 8.97. The van der Waals surface area contributed by atoms with Crippen LogP contribution < -0.4 is 9.61 Å². The number of fused-ring (bicyclic) bond motifs is 1. The highest BCUT2D eigenvalue weighted by Gasteiger charge is 2.44. The lowest BCUT2D eigenvalue weighted by atomic mass is 9.86. The highest BCUT2D eigenvalue weighted by atomic mass is 31.2. The fourth-order valence-corrected chi connectivity index (χ4v) is 5.82. The summed E-state index contributed by atoms with van der Waals surface area (Å²) in [6, 6.07) is 6.15. The van der Waals surface area contributed by atoms with Gasteiger partial charge >= 0.3 is 13.8 Å². The first kappa shape index (κ1) is 20.2. The number of carbonyl (C=O) groups is 1. The molecule has 1 unspecified atom stereocenters. The number of rotatable bonds is 3. The molecular formula is C20H31N2O4P. The van der Waals surface area contributed by atoms with E-state index in [0.717, 1.165) is 31.2 Å². The second-order valence-corrected chi connectivity index (χ2v) is 10.4. The molecule has 27 heavy (non-hydrogen) atoms. The van der Waals surface area contributed by atoms with Crippen LogP contribution in [0.4, 0.5) is 4.79 Å².